The third-order valence-corrected chi connectivity index (χ3v) is 5.59. The molecule has 0 saturated carbocycles. The van der Waals surface area contributed by atoms with Crippen LogP contribution in [-0.2, 0) is 12.8 Å². The fourth-order valence-corrected chi connectivity index (χ4v) is 3.98. The van der Waals surface area contributed by atoms with Gasteiger partial charge in [-0.05, 0) is 73.0 Å². The smallest absolute Gasteiger partial charge is 0.125 e. The predicted octanol–water partition coefficient (Wildman–Crippen LogP) is 7.12. The molecule has 3 nitrogen and oxygen atoms in total. The lowest BCUT2D eigenvalue weighted by molar-refractivity contribution is 0.193. The molecule has 0 aromatic heterocycles. The third-order valence-electron chi connectivity index (χ3n) is 5.59. The molecular formula is C28H36ClNO2. The Morgan fingerprint density at radius 1 is 0.906 bits per heavy atom. The highest BCUT2D eigenvalue weighted by atomic mass is 35.5. The van der Waals surface area contributed by atoms with E-state index in [4.69, 9.17) is 4.74 Å². The highest BCUT2D eigenvalue weighted by Gasteiger charge is 2.16. The van der Waals surface area contributed by atoms with E-state index in [1.807, 2.05) is 25.2 Å². The van der Waals surface area contributed by atoms with Gasteiger partial charge in [0.1, 0.15) is 17.6 Å². The predicted molar refractivity (Wildman–Crippen MR) is 137 cm³/mol. The van der Waals surface area contributed by atoms with Gasteiger partial charge in [0, 0.05) is 12.0 Å². The van der Waals surface area contributed by atoms with Crippen molar-refractivity contribution in [1.82, 2.24) is 5.32 Å². The van der Waals surface area contributed by atoms with Gasteiger partial charge in [-0.3, -0.25) is 0 Å². The lowest BCUT2D eigenvalue weighted by Crippen LogP contribution is -2.16. The van der Waals surface area contributed by atoms with Gasteiger partial charge in [-0.25, -0.2) is 0 Å². The second-order valence-corrected chi connectivity index (χ2v) is 8.08. The summed E-state index contributed by atoms with van der Waals surface area (Å²) in [6.07, 6.45) is 4.97. The second-order valence-electron chi connectivity index (χ2n) is 8.08. The molecule has 0 aliphatic heterocycles. The Morgan fingerprint density at radius 2 is 1.66 bits per heavy atom. The second kappa shape index (κ2) is 13.1. The van der Waals surface area contributed by atoms with Crippen LogP contribution in [0, 0.1) is 0 Å². The van der Waals surface area contributed by atoms with E-state index in [0.717, 1.165) is 55.5 Å². The van der Waals surface area contributed by atoms with Crippen LogP contribution in [0.5, 0.6) is 11.5 Å². The zero-order valence-electron chi connectivity index (χ0n) is 19.4. The molecule has 4 heteroatoms. The van der Waals surface area contributed by atoms with Crippen molar-refractivity contribution in [2.45, 2.75) is 52.1 Å². The molecule has 3 aromatic carbocycles. The molecule has 0 spiro atoms. The molecule has 1 unspecified atom stereocenters. The van der Waals surface area contributed by atoms with E-state index in [1.54, 1.807) is 0 Å². The number of benzene rings is 3. The first kappa shape index (κ1) is 25.8. The molecule has 0 radical (unpaired) electrons. The molecule has 2 N–H and O–H groups in total. The molecule has 0 fully saturated rings. The Balaban J connectivity index is 0.00000363. The van der Waals surface area contributed by atoms with Crippen molar-refractivity contribution in [3.8, 4) is 22.6 Å². The van der Waals surface area contributed by atoms with Gasteiger partial charge in [0.2, 0.25) is 0 Å². The molecule has 3 rings (SSSR count). The van der Waals surface area contributed by atoms with Gasteiger partial charge in [0.05, 0.1) is 0 Å². The van der Waals surface area contributed by atoms with Gasteiger partial charge in [-0.1, -0.05) is 69.2 Å². The van der Waals surface area contributed by atoms with Crippen molar-refractivity contribution >= 4 is 12.4 Å². The maximum atomic E-state index is 10.5. The van der Waals surface area contributed by atoms with Gasteiger partial charge >= 0.3 is 0 Å². The number of aromatic hydroxyl groups is 1. The van der Waals surface area contributed by atoms with Gasteiger partial charge in [-0.15, -0.1) is 12.4 Å². The van der Waals surface area contributed by atoms with Crippen LogP contribution in [0.2, 0.25) is 0 Å². The average Bonchev–Trinajstić information content (AvgIpc) is 2.79. The van der Waals surface area contributed by atoms with Crippen LogP contribution in [0.25, 0.3) is 11.1 Å². The molecule has 3 aromatic rings. The van der Waals surface area contributed by atoms with Crippen molar-refractivity contribution in [2.75, 3.05) is 13.6 Å². The van der Waals surface area contributed by atoms with Gasteiger partial charge < -0.3 is 15.2 Å². The number of aryl methyl sites for hydroxylation is 2. The van der Waals surface area contributed by atoms with Crippen LogP contribution >= 0.6 is 12.4 Å². The summed E-state index contributed by atoms with van der Waals surface area (Å²) in [4.78, 5) is 0. The standard InChI is InChI=1S/C28H35NO2.ClH/c1-4-9-21-13-15-26(30)25(19-21)23-14-16-27(24(20-23)10-5-2)31-28(17-18-29-3)22-11-7-6-8-12-22;/h6-8,11-16,19-20,28-30H,4-5,9-10,17-18H2,1-3H3;1H. The van der Waals surface area contributed by atoms with Gasteiger partial charge in [-0.2, -0.15) is 0 Å². The summed E-state index contributed by atoms with van der Waals surface area (Å²) < 4.78 is 6.57. The van der Waals surface area contributed by atoms with Crippen molar-refractivity contribution in [1.29, 1.82) is 0 Å². The van der Waals surface area contributed by atoms with E-state index in [0.29, 0.717) is 5.75 Å². The zero-order valence-corrected chi connectivity index (χ0v) is 20.3. The number of phenolic OH excluding ortho intramolecular Hbond substituents is 1. The van der Waals surface area contributed by atoms with Crippen LogP contribution < -0.4 is 10.1 Å². The molecule has 0 amide bonds. The Labute approximate surface area is 199 Å². The number of rotatable bonds is 11. The largest absolute Gasteiger partial charge is 0.507 e. The molecule has 0 saturated heterocycles. The molecule has 1 atom stereocenters. The van der Waals surface area contributed by atoms with Crippen LogP contribution in [0.1, 0.15) is 55.9 Å². The zero-order chi connectivity index (χ0) is 22.1. The van der Waals surface area contributed by atoms with Crippen molar-refractivity contribution in [3.05, 3.63) is 83.4 Å². The van der Waals surface area contributed by atoms with Gasteiger partial charge in [0.15, 0.2) is 0 Å². The lowest BCUT2D eigenvalue weighted by Gasteiger charge is -2.22. The fraction of sp³-hybridized carbons (Fsp3) is 0.357. The fourth-order valence-electron chi connectivity index (χ4n) is 3.98. The first-order chi connectivity index (χ1) is 15.2. The monoisotopic (exact) mass is 453 g/mol. The number of nitrogens with one attached hydrogen (secondary N) is 1. The minimum atomic E-state index is -0.00334. The van der Waals surface area contributed by atoms with Crippen molar-refractivity contribution < 1.29 is 9.84 Å². The lowest BCUT2D eigenvalue weighted by atomic mass is 9.96. The third kappa shape index (κ3) is 6.75. The number of hydrogen-bond acceptors (Lipinski definition) is 3. The summed E-state index contributed by atoms with van der Waals surface area (Å²) in [7, 11) is 1.97. The van der Waals surface area contributed by atoms with Gasteiger partial charge in [0.25, 0.3) is 0 Å². The topological polar surface area (TPSA) is 41.5 Å². The molecular weight excluding hydrogens is 418 g/mol. The molecule has 0 heterocycles. The van der Waals surface area contributed by atoms with E-state index < -0.39 is 0 Å². The summed E-state index contributed by atoms with van der Waals surface area (Å²) in [6.45, 7) is 5.25. The molecule has 0 aliphatic carbocycles. The van der Waals surface area contributed by atoms with Crippen molar-refractivity contribution in [3.63, 3.8) is 0 Å². The normalized spacial score (nSPS) is 11.6. The molecule has 172 valence electrons. The molecule has 32 heavy (non-hydrogen) atoms. The van der Waals surface area contributed by atoms with E-state index in [9.17, 15) is 5.11 Å². The van der Waals surface area contributed by atoms with E-state index in [1.165, 1.54) is 16.7 Å². The maximum absolute atomic E-state index is 10.5. The highest BCUT2D eigenvalue weighted by Crippen LogP contribution is 2.35. The molecule has 0 aliphatic rings. The minimum absolute atomic E-state index is 0. The Bertz CT molecular complexity index is 959. The highest BCUT2D eigenvalue weighted by molar-refractivity contribution is 5.85. The average molecular weight is 454 g/mol. The van der Waals surface area contributed by atoms with Crippen LogP contribution in [0.3, 0.4) is 0 Å². The number of phenols is 1. The number of halogens is 1. The summed E-state index contributed by atoms with van der Waals surface area (Å²) in [5.41, 5.74) is 5.56. The molecule has 0 bridgehead atoms. The minimum Gasteiger partial charge on any atom is -0.507 e. The maximum Gasteiger partial charge on any atom is 0.125 e. The van der Waals surface area contributed by atoms with Crippen LogP contribution in [-0.4, -0.2) is 18.7 Å². The Hall–Kier alpha value is -2.49. The summed E-state index contributed by atoms with van der Waals surface area (Å²) >= 11 is 0. The number of ether oxygens (including phenoxy) is 1. The van der Waals surface area contributed by atoms with E-state index in [2.05, 4.69) is 67.7 Å². The van der Waals surface area contributed by atoms with Crippen molar-refractivity contribution in [2.24, 2.45) is 0 Å². The van der Waals surface area contributed by atoms with E-state index in [-0.39, 0.29) is 18.5 Å². The van der Waals surface area contributed by atoms with E-state index >= 15 is 0 Å². The summed E-state index contributed by atoms with van der Waals surface area (Å²) in [6, 6.07) is 22.7. The first-order valence-electron chi connectivity index (χ1n) is 11.5. The first-order valence-corrected chi connectivity index (χ1v) is 11.5. The van der Waals surface area contributed by atoms with Crippen LogP contribution in [0.15, 0.2) is 66.7 Å². The SMILES string of the molecule is CCCc1ccc(O)c(-c2ccc(OC(CCNC)c3ccccc3)c(CCC)c2)c1.Cl. The Morgan fingerprint density at radius 3 is 2.34 bits per heavy atom. The summed E-state index contributed by atoms with van der Waals surface area (Å²) in [5, 5.41) is 13.7. The van der Waals surface area contributed by atoms with Crippen LogP contribution in [0.4, 0.5) is 0 Å². The number of hydrogen-bond donors (Lipinski definition) is 2. The summed E-state index contributed by atoms with van der Waals surface area (Å²) in [5.74, 6) is 1.26. The Kier molecular flexibility index (Phi) is 10.6. The quantitative estimate of drug-likeness (QED) is 0.325.